The van der Waals surface area contributed by atoms with Crippen molar-refractivity contribution in [3.8, 4) is 0 Å². The van der Waals surface area contributed by atoms with Crippen LogP contribution in [0.1, 0.15) is 33.1 Å². The van der Waals surface area contributed by atoms with E-state index in [0.29, 0.717) is 0 Å². The van der Waals surface area contributed by atoms with Crippen LogP contribution in [0.15, 0.2) is 12.4 Å². The first-order valence-corrected chi connectivity index (χ1v) is 6.56. The van der Waals surface area contributed by atoms with E-state index in [0.717, 1.165) is 37.0 Å². The minimum Gasteiger partial charge on any atom is -0.383 e. The summed E-state index contributed by atoms with van der Waals surface area (Å²) in [4.78, 5) is 0. The van der Waals surface area contributed by atoms with Crippen LogP contribution in [0.4, 0.5) is 5.69 Å². The lowest BCUT2D eigenvalue weighted by Crippen LogP contribution is -2.15. The number of aryl methyl sites for hydroxylation is 1. The molecule has 1 aromatic rings. The second-order valence-electron chi connectivity index (χ2n) is 5.05. The molecular weight excluding hydrogens is 212 g/mol. The van der Waals surface area contributed by atoms with Gasteiger partial charge in [-0.3, -0.25) is 4.68 Å². The lowest BCUT2D eigenvalue weighted by Gasteiger charge is -2.19. The molecule has 0 bridgehead atoms. The van der Waals surface area contributed by atoms with Crippen molar-refractivity contribution in [1.82, 2.24) is 9.78 Å². The molecule has 0 saturated carbocycles. The Bertz CT molecular complexity index is 306. The number of nitrogens with two attached hydrogens (primary N) is 1. The van der Waals surface area contributed by atoms with Gasteiger partial charge >= 0.3 is 0 Å². The molecule has 3 N–H and O–H groups in total. The van der Waals surface area contributed by atoms with Crippen molar-refractivity contribution in [2.75, 3.05) is 18.4 Å². The van der Waals surface area contributed by atoms with Gasteiger partial charge in [0.05, 0.1) is 11.9 Å². The number of nitrogens with zero attached hydrogens (tertiary/aromatic N) is 2. The van der Waals surface area contributed by atoms with Crippen molar-refractivity contribution < 1.29 is 0 Å². The van der Waals surface area contributed by atoms with Crippen LogP contribution in [0.3, 0.4) is 0 Å². The van der Waals surface area contributed by atoms with Crippen LogP contribution in [0.5, 0.6) is 0 Å². The van der Waals surface area contributed by atoms with Gasteiger partial charge in [0, 0.05) is 19.8 Å². The summed E-state index contributed by atoms with van der Waals surface area (Å²) in [5, 5.41) is 7.51. The Morgan fingerprint density at radius 1 is 1.41 bits per heavy atom. The van der Waals surface area contributed by atoms with E-state index in [4.69, 9.17) is 5.73 Å². The smallest absolute Gasteiger partial charge is 0.0726 e. The highest BCUT2D eigenvalue weighted by molar-refractivity contribution is 5.37. The summed E-state index contributed by atoms with van der Waals surface area (Å²) in [6.07, 6.45) is 7.45. The Morgan fingerprint density at radius 2 is 2.18 bits per heavy atom. The first-order chi connectivity index (χ1) is 8.13. The second kappa shape index (κ2) is 7.33. The summed E-state index contributed by atoms with van der Waals surface area (Å²) < 4.78 is 1.81. The topological polar surface area (TPSA) is 55.9 Å². The first kappa shape index (κ1) is 14.0. The van der Waals surface area contributed by atoms with Gasteiger partial charge in [-0.15, -0.1) is 0 Å². The maximum Gasteiger partial charge on any atom is 0.0726 e. The fraction of sp³-hybridized carbons (Fsp3) is 0.769. The van der Waals surface area contributed by atoms with Gasteiger partial charge in [0.25, 0.3) is 0 Å². The van der Waals surface area contributed by atoms with E-state index in [2.05, 4.69) is 24.3 Å². The third-order valence-corrected chi connectivity index (χ3v) is 3.27. The minimum absolute atomic E-state index is 0.733. The van der Waals surface area contributed by atoms with Crippen LogP contribution in [-0.4, -0.2) is 22.9 Å². The predicted molar refractivity (Wildman–Crippen MR) is 72.9 cm³/mol. The number of hydrogen-bond donors (Lipinski definition) is 2. The highest BCUT2D eigenvalue weighted by atomic mass is 15.3. The van der Waals surface area contributed by atoms with E-state index in [1.54, 1.807) is 0 Å². The average Bonchev–Trinajstić information content (AvgIpc) is 2.68. The zero-order valence-corrected chi connectivity index (χ0v) is 11.3. The lowest BCUT2D eigenvalue weighted by atomic mass is 9.88. The Kier molecular flexibility index (Phi) is 6.05. The second-order valence-corrected chi connectivity index (χ2v) is 5.05. The molecule has 0 amide bonds. The number of aromatic nitrogens is 2. The van der Waals surface area contributed by atoms with Gasteiger partial charge in [-0.1, -0.05) is 13.8 Å². The molecule has 4 heteroatoms. The molecule has 0 saturated heterocycles. The summed E-state index contributed by atoms with van der Waals surface area (Å²) >= 11 is 0. The third kappa shape index (κ3) is 5.22. The van der Waals surface area contributed by atoms with Crippen LogP contribution in [0, 0.1) is 11.8 Å². The van der Waals surface area contributed by atoms with Crippen molar-refractivity contribution in [3.63, 3.8) is 0 Å². The molecule has 0 aliphatic rings. The van der Waals surface area contributed by atoms with Gasteiger partial charge in [-0.2, -0.15) is 5.10 Å². The number of hydrogen-bond acceptors (Lipinski definition) is 3. The Labute approximate surface area is 105 Å². The van der Waals surface area contributed by atoms with E-state index in [9.17, 15) is 0 Å². The lowest BCUT2D eigenvalue weighted by molar-refractivity contribution is 0.336. The van der Waals surface area contributed by atoms with E-state index < -0.39 is 0 Å². The van der Waals surface area contributed by atoms with Crippen LogP contribution < -0.4 is 11.1 Å². The van der Waals surface area contributed by atoms with Gasteiger partial charge in [0.15, 0.2) is 0 Å². The fourth-order valence-electron chi connectivity index (χ4n) is 2.13. The summed E-state index contributed by atoms with van der Waals surface area (Å²) in [6.45, 7) is 6.39. The van der Waals surface area contributed by atoms with Gasteiger partial charge in [0.1, 0.15) is 0 Å². The van der Waals surface area contributed by atoms with Crippen LogP contribution >= 0.6 is 0 Å². The van der Waals surface area contributed by atoms with Gasteiger partial charge in [-0.25, -0.2) is 0 Å². The Morgan fingerprint density at radius 3 is 2.71 bits per heavy atom. The fourth-order valence-corrected chi connectivity index (χ4v) is 2.13. The summed E-state index contributed by atoms with van der Waals surface area (Å²) in [6, 6.07) is 0. The standard InChI is InChI=1S/C13H26N4/c1-11(2)12(6-7-14)5-4-8-15-13-9-16-17(3)10-13/h9-12,15H,4-8,14H2,1-3H3. The Hall–Kier alpha value is -1.03. The molecule has 1 atom stereocenters. The van der Waals surface area contributed by atoms with Crippen LogP contribution in [0.2, 0.25) is 0 Å². The summed E-state index contributed by atoms with van der Waals surface area (Å²) in [5.41, 5.74) is 6.74. The molecule has 4 nitrogen and oxygen atoms in total. The van der Waals surface area contributed by atoms with E-state index in [1.165, 1.54) is 12.8 Å². The molecule has 0 spiro atoms. The Balaban J connectivity index is 2.18. The molecule has 0 fully saturated rings. The molecule has 1 unspecified atom stereocenters. The quantitative estimate of drug-likeness (QED) is 0.683. The molecule has 17 heavy (non-hydrogen) atoms. The molecule has 0 radical (unpaired) electrons. The normalized spacial score (nSPS) is 13.0. The molecule has 1 aromatic heterocycles. The predicted octanol–water partition coefficient (Wildman–Crippen LogP) is 2.23. The SMILES string of the molecule is CC(C)C(CCN)CCCNc1cnn(C)c1. The van der Waals surface area contributed by atoms with Crippen molar-refractivity contribution in [3.05, 3.63) is 12.4 Å². The van der Waals surface area contributed by atoms with E-state index in [-0.39, 0.29) is 0 Å². The van der Waals surface area contributed by atoms with Crippen LogP contribution in [-0.2, 0) is 7.05 Å². The van der Waals surface area contributed by atoms with Gasteiger partial charge < -0.3 is 11.1 Å². The minimum atomic E-state index is 0.733. The molecule has 0 aliphatic carbocycles. The maximum atomic E-state index is 5.64. The summed E-state index contributed by atoms with van der Waals surface area (Å²) in [7, 11) is 1.93. The first-order valence-electron chi connectivity index (χ1n) is 6.56. The van der Waals surface area contributed by atoms with E-state index >= 15 is 0 Å². The third-order valence-electron chi connectivity index (χ3n) is 3.27. The monoisotopic (exact) mass is 238 g/mol. The van der Waals surface area contributed by atoms with Gasteiger partial charge in [0.2, 0.25) is 0 Å². The molecular formula is C13H26N4. The number of anilines is 1. The number of rotatable bonds is 8. The molecule has 0 aliphatic heterocycles. The van der Waals surface area contributed by atoms with Crippen molar-refractivity contribution in [2.45, 2.75) is 33.1 Å². The zero-order valence-electron chi connectivity index (χ0n) is 11.3. The molecule has 98 valence electrons. The van der Waals surface area contributed by atoms with Gasteiger partial charge in [-0.05, 0) is 37.6 Å². The molecule has 1 heterocycles. The van der Waals surface area contributed by atoms with E-state index in [1.807, 2.05) is 24.1 Å². The molecule has 1 rings (SSSR count). The highest BCUT2D eigenvalue weighted by Crippen LogP contribution is 2.20. The van der Waals surface area contributed by atoms with Crippen molar-refractivity contribution in [1.29, 1.82) is 0 Å². The molecule has 0 aromatic carbocycles. The average molecular weight is 238 g/mol. The van der Waals surface area contributed by atoms with Crippen molar-refractivity contribution >= 4 is 5.69 Å². The maximum absolute atomic E-state index is 5.64. The largest absolute Gasteiger partial charge is 0.383 e. The number of nitrogens with one attached hydrogen (secondary N) is 1. The highest BCUT2D eigenvalue weighted by Gasteiger charge is 2.11. The van der Waals surface area contributed by atoms with Crippen molar-refractivity contribution in [2.24, 2.45) is 24.6 Å². The summed E-state index contributed by atoms with van der Waals surface area (Å²) in [5.74, 6) is 1.49. The van der Waals surface area contributed by atoms with Crippen LogP contribution in [0.25, 0.3) is 0 Å². The zero-order chi connectivity index (χ0) is 12.7.